The molecule has 0 saturated carbocycles. The highest BCUT2D eigenvalue weighted by atomic mass is 16.4. The Balaban J connectivity index is 2.07. The van der Waals surface area contributed by atoms with E-state index in [2.05, 4.69) is 10.2 Å². The van der Waals surface area contributed by atoms with Crippen LogP contribution >= 0.6 is 0 Å². The summed E-state index contributed by atoms with van der Waals surface area (Å²) in [6.07, 6.45) is 1.20. The van der Waals surface area contributed by atoms with E-state index in [4.69, 9.17) is 5.11 Å². The zero-order chi connectivity index (χ0) is 14.3. The van der Waals surface area contributed by atoms with Crippen LogP contribution in [0.5, 0.6) is 5.75 Å². The van der Waals surface area contributed by atoms with Crippen molar-refractivity contribution in [3.63, 3.8) is 0 Å². The molecule has 20 heavy (non-hydrogen) atoms. The van der Waals surface area contributed by atoms with Gasteiger partial charge in [-0.15, -0.1) is 10.2 Å². The van der Waals surface area contributed by atoms with Crippen LogP contribution in [-0.4, -0.2) is 30.9 Å². The van der Waals surface area contributed by atoms with Crippen LogP contribution < -0.4 is 0 Å². The fourth-order valence-corrected chi connectivity index (χ4v) is 2.59. The molecule has 1 aromatic carbocycles. The lowest BCUT2D eigenvalue weighted by atomic mass is 9.99. The highest BCUT2D eigenvalue weighted by molar-refractivity contribution is 5.70. The normalized spacial score (nSPS) is 17.8. The number of aryl methyl sites for hydroxylation is 1. The molecule has 1 atom stereocenters. The van der Waals surface area contributed by atoms with Gasteiger partial charge in [-0.25, -0.2) is 0 Å². The van der Waals surface area contributed by atoms with Crippen molar-refractivity contribution in [1.29, 1.82) is 0 Å². The van der Waals surface area contributed by atoms with Gasteiger partial charge in [0.05, 0.1) is 5.92 Å². The van der Waals surface area contributed by atoms with Crippen LogP contribution in [0, 0.1) is 12.8 Å². The van der Waals surface area contributed by atoms with Gasteiger partial charge in [-0.3, -0.25) is 4.79 Å². The van der Waals surface area contributed by atoms with Crippen LogP contribution in [0.2, 0.25) is 0 Å². The van der Waals surface area contributed by atoms with Crippen LogP contribution in [0.15, 0.2) is 18.2 Å². The van der Waals surface area contributed by atoms with E-state index < -0.39 is 11.9 Å². The minimum Gasteiger partial charge on any atom is -0.508 e. The number of hydrogen-bond acceptors (Lipinski definition) is 4. The maximum atomic E-state index is 11.2. The maximum Gasteiger partial charge on any atom is 0.308 e. The van der Waals surface area contributed by atoms with E-state index in [9.17, 15) is 9.90 Å². The second kappa shape index (κ2) is 4.63. The number of rotatable bonds is 2. The number of carbonyl (C=O) groups is 1. The molecular formula is C14H15N3O3. The van der Waals surface area contributed by atoms with Crippen molar-refractivity contribution in [3.8, 4) is 17.1 Å². The lowest BCUT2D eigenvalue weighted by Gasteiger charge is -2.21. The number of phenolic OH excluding ortho intramolecular Hbond substituents is 1. The van der Waals surface area contributed by atoms with E-state index in [0.29, 0.717) is 25.2 Å². The summed E-state index contributed by atoms with van der Waals surface area (Å²) in [6.45, 7) is 2.19. The van der Waals surface area contributed by atoms with Crippen molar-refractivity contribution in [2.75, 3.05) is 0 Å². The number of aromatic hydroxyl groups is 1. The van der Waals surface area contributed by atoms with Gasteiger partial charge >= 0.3 is 5.97 Å². The summed E-state index contributed by atoms with van der Waals surface area (Å²) >= 11 is 0. The summed E-state index contributed by atoms with van der Waals surface area (Å²) in [5.74, 6) is 0.433. The van der Waals surface area contributed by atoms with Gasteiger partial charge in [0.15, 0.2) is 5.82 Å². The predicted molar refractivity (Wildman–Crippen MR) is 71.3 cm³/mol. The Labute approximate surface area is 115 Å². The third kappa shape index (κ3) is 1.93. The molecule has 0 fully saturated rings. The second-order valence-electron chi connectivity index (χ2n) is 5.07. The van der Waals surface area contributed by atoms with Gasteiger partial charge in [0.1, 0.15) is 11.6 Å². The number of hydrogen-bond donors (Lipinski definition) is 2. The molecule has 1 aliphatic rings. The van der Waals surface area contributed by atoms with Crippen molar-refractivity contribution in [3.05, 3.63) is 29.6 Å². The number of benzene rings is 1. The Morgan fingerprint density at radius 2 is 2.20 bits per heavy atom. The lowest BCUT2D eigenvalue weighted by molar-refractivity contribution is -0.142. The Kier molecular flexibility index (Phi) is 2.93. The molecule has 0 amide bonds. The first-order valence-electron chi connectivity index (χ1n) is 6.51. The highest BCUT2D eigenvalue weighted by Gasteiger charge is 2.28. The smallest absolute Gasteiger partial charge is 0.308 e. The number of aliphatic carboxylic acids is 1. The molecule has 104 valence electrons. The Hall–Kier alpha value is -2.37. The SMILES string of the molecule is Cc1c(O)cccc1-c1nnc2n1CC(C(=O)O)CC2. The van der Waals surface area contributed by atoms with Gasteiger partial charge in [0, 0.05) is 24.1 Å². The average Bonchev–Trinajstić information content (AvgIpc) is 2.84. The molecule has 6 nitrogen and oxygen atoms in total. The molecule has 0 saturated heterocycles. The molecule has 1 unspecified atom stereocenters. The summed E-state index contributed by atoms with van der Waals surface area (Å²) < 4.78 is 1.85. The number of aromatic nitrogens is 3. The first kappa shape index (κ1) is 12.7. The zero-order valence-corrected chi connectivity index (χ0v) is 11.1. The van der Waals surface area contributed by atoms with Crippen molar-refractivity contribution in [2.45, 2.75) is 26.3 Å². The van der Waals surface area contributed by atoms with Gasteiger partial charge in [-0.2, -0.15) is 0 Å². The first-order chi connectivity index (χ1) is 9.58. The van der Waals surface area contributed by atoms with E-state index in [-0.39, 0.29) is 5.75 Å². The lowest BCUT2D eigenvalue weighted by Crippen LogP contribution is -2.27. The standard InChI is InChI=1S/C14H15N3O3/c1-8-10(3-2-4-11(8)18)13-16-15-12-6-5-9(14(19)20)7-17(12)13/h2-4,9,18H,5-7H2,1H3,(H,19,20). The van der Waals surface area contributed by atoms with E-state index >= 15 is 0 Å². The fraction of sp³-hybridized carbons (Fsp3) is 0.357. The third-order valence-corrected chi connectivity index (χ3v) is 3.84. The Morgan fingerprint density at radius 3 is 2.95 bits per heavy atom. The molecule has 0 bridgehead atoms. The zero-order valence-electron chi connectivity index (χ0n) is 11.1. The van der Waals surface area contributed by atoms with Crippen LogP contribution in [-0.2, 0) is 17.8 Å². The monoisotopic (exact) mass is 273 g/mol. The van der Waals surface area contributed by atoms with Crippen molar-refractivity contribution in [2.24, 2.45) is 5.92 Å². The van der Waals surface area contributed by atoms with Crippen LogP contribution in [0.25, 0.3) is 11.4 Å². The average molecular weight is 273 g/mol. The van der Waals surface area contributed by atoms with Gasteiger partial charge in [0.2, 0.25) is 0 Å². The van der Waals surface area contributed by atoms with Crippen LogP contribution in [0.1, 0.15) is 17.8 Å². The molecular weight excluding hydrogens is 258 g/mol. The third-order valence-electron chi connectivity index (χ3n) is 3.84. The maximum absolute atomic E-state index is 11.2. The number of fused-ring (bicyclic) bond motifs is 1. The summed E-state index contributed by atoms with van der Waals surface area (Å²) in [5, 5.41) is 27.3. The second-order valence-corrected chi connectivity index (χ2v) is 5.07. The van der Waals surface area contributed by atoms with E-state index in [0.717, 1.165) is 17.0 Å². The Bertz CT molecular complexity index is 678. The molecule has 0 spiro atoms. The molecule has 0 radical (unpaired) electrons. The van der Waals surface area contributed by atoms with Crippen molar-refractivity contribution < 1.29 is 15.0 Å². The molecule has 6 heteroatoms. The minimum atomic E-state index is -0.789. The van der Waals surface area contributed by atoms with Crippen LogP contribution in [0.4, 0.5) is 0 Å². The molecule has 3 rings (SSSR count). The van der Waals surface area contributed by atoms with Crippen molar-refractivity contribution >= 4 is 5.97 Å². The van der Waals surface area contributed by atoms with E-state index in [1.165, 1.54) is 0 Å². The first-order valence-corrected chi connectivity index (χ1v) is 6.51. The molecule has 2 N–H and O–H groups in total. The summed E-state index contributed by atoms with van der Waals surface area (Å²) in [6, 6.07) is 5.22. The topological polar surface area (TPSA) is 88.2 Å². The predicted octanol–water partition coefficient (Wildman–Crippen LogP) is 1.61. The summed E-state index contributed by atoms with van der Waals surface area (Å²) in [7, 11) is 0. The van der Waals surface area contributed by atoms with Gasteiger partial charge in [0.25, 0.3) is 0 Å². The number of phenols is 1. The van der Waals surface area contributed by atoms with Gasteiger partial charge in [-0.1, -0.05) is 12.1 Å². The quantitative estimate of drug-likeness (QED) is 0.867. The number of carboxylic acids is 1. The number of nitrogens with zero attached hydrogens (tertiary/aromatic N) is 3. The fourth-order valence-electron chi connectivity index (χ4n) is 2.59. The van der Waals surface area contributed by atoms with Gasteiger partial charge < -0.3 is 14.8 Å². The summed E-state index contributed by atoms with van der Waals surface area (Å²) in [5.41, 5.74) is 1.51. The minimum absolute atomic E-state index is 0.199. The molecule has 1 aliphatic heterocycles. The van der Waals surface area contributed by atoms with Crippen LogP contribution in [0.3, 0.4) is 0 Å². The largest absolute Gasteiger partial charge is 0.508 e. The molecule has 2 heterocycles. The van der Waals surface area contributed by atoms with E-state index in [1.807, 2.05) is 17.6 Å². The molecule has 1 aromatic heterocycles. The summed E-state index contributed by atoms with van der Waals surface area (Å²) in [4.78, 5) is 11.2. The highest BCUT2D eigenvalue weighted by Crippen LogP contribution is 2.31. The molecule has 0 aliphatic carbocycles. The van der Waals surface area contributed by atoms with E-state index in [1.54, 1.807) is 12.1 Å². The Morgan fingerprint density at radius 1 is 1.40 bits per heavy atom. The van der Waals surface area contributed by atoms with Gasteiger partial charge in [-0.05, 0) is 19.4 Å². The number of carboxylic acid groups (broad SMARTS) is 1. The van der Waals surface area contributed by atoms with Crippen molar-refractivity contribution in [1.82, 2.24) is 14.8 Å². The molecule has 2 aromatic rings.